The second-order valence-electron chi connectivity index (χ2n) is 4.35. The van der Waals surface area contributed by atoms with Crippen LogP contribution in [0, 0.1) is 0 Å². The van der Waals surface area contributed by atoms with Crippen molar-refractivity contribution in [3.05, 3.63) is 36.9 Å². The number of anilines is 2. The van der Waals surface area contributed by atoms with Crippen LogP contribution in [0.4, 0.5) is 11.4 Å². The molecule has 1 atom stereocenters. The van der Waals surface area contributed by atoms with Gasteiger partial charge in [0.2, 0.25) is 5.91 Å². The molecule has 1 heterocycles. The number of nitrogens with zero attached hydrogens (tertiary/aromatic N) is 1. The number of para-hydroxylation sites is 2. The van der Waals surface area contributed by atoms with Crippen LogP contribution >= 0.6 is 0 Å². The van der Waals surface area contributed by atoms with Gasteiger partial charge in [-0.1, -0.05) is 18.2 Å². The molecule has 0 aromatic heterocycles. The molecule has 1 aromatic rings. The van der Waals surface area contributed by atoms with Crippen molar-refractivity contribution in [2.24, 2.45) is 0 Å². The van der Waals surface area contributed by atoms with Crippen molar-refractivity contribution in [3.8, 4) is 0 Å². The van der Waals surface area contributed by atoms with Gasteiger partial charge in [-0.05, 0) is 19.1 Å². The summed E-state index contributed by atoms with van der Waals surface area (Å²) in [7, 11) is 0. The van der Waals surface area contributed by atoms with Gasteiger partial charge in [-0.2, -0.15) is 0 Å². The summed E-state index contributed by atoms with van der Waals surface area (Å²) in [4.78, 5) is 14.1. The molecule has 1 aliphatic heterocycles. The molecule has 4 heteroatoms. The molecule has 0 fully saturated rings. The number of rotatable bonds is 4. The molecule has 18 heavy (non-hydrogen) atoms. The molecule has 0 radical (unpaired) electrons. The van der Waals surface area contributed by atoms with Gasteiger partial charge in [0.1, 0.15) is 6.04 Å². The molecule has 0 aliphatic carbocycles. The Kier molecular flexibility index (Phi) is 3.87. The Morgan fingerprint density at radius 3 is 3.17 bits per heavy atom. The van der Waals surface area contributed by atoms with Gasteiger partial charge < -0.3 is 15.5 Å². The van der Waals surface area contributed by atoms with Gasteiger partial charge in [-0.25, -0.2) is 0 Å². The summed E-state index contributed by atoms with van der Waals surface area (Å²) >= 11 is 0. The molecular formula is C14H19N3O. The van der Waals surface area contributed by atoms with E-state index in [9.17, 15) is 4.79 Å². The Morgan fingerprint density at radius 1 is 1.61 bits per heavy atom. The predicted molar refractivity (Wildman–Crippen MR) is 74.9 cm³/mol. The van der Waals surface area contributed by atoms with E-state index in [1.165, 1.54) is 0 Å². The molecule has 1 amide bonds. The predicted octanol–water partition coefficient (Wildman–Crippen LogP) is 1.61. The first-order valence-corrected chi connectivity index (χ1v) is 6.22. The number of benzene rings is 1. The first-order valence-electron chi connectivity index (χ1n) is 6.22. The van der Waals surface area contributed by atoms with Crippen LogP contribution in [0.2, 0.25) is 0 Å². The van der Waals surface area contributed by atoms with Crippen LogP contribution in [0.1, 0.15) is 6.92 Å². The minimum atomic E-state index is -0.173. The van der Waals surface area contributed by atoms with E-state index in [1.807, 2.05) is 31.2 Å². The van der Waals surface area contributed by atoms with Gasteiger partial charge in [-0.3, -0.25) is 4.79 Å². The number of fused-ring (bicyclic) bond motifs is 1. The topological polar surface area (TPSA) is 44.4 Å². The van der Waals surface area contributed by atoms with Crippen molar-refractivity contribution in [1.82, 2.24) is 5.32 Å². The monoisotopic (exact) mass is 245 g/mol. The molecule has 0 spiro atoms. The number of carbonyl (C=O) groups is 1. The van der Waals surface area contributed by atoms with E-state index in [1.54, 1.807) is 6.08 Å². The third-order valence-electron chi connectivity index (χ3n) is 3.15. The summed E-state index contributed by atoms with van der Waals surface area (Å²) in [6.07, 6.45) is 1.69. The summed E-state index contributed by atoms with van der Waals surface area (Å²) in [6, 6.07) is 7.90. The van der Waals surface area contributed by atoms with Crippen LogP contribution in [-0.4, -0.2) is 31.6 Å². The maximum Gasteiger partial charge on any atom is 0.242 e. The Hall–Kier alpha value is -1.97. The van der Waals surface area contributed by atoms with E-state index in [-0.39, 0.29) is 11.9 Å². The van der Waals surface area contributed by atoms with Crippen molar-refractivity contribution in [2.75, 3.05) is 29.9 Å². The molecule has 1 unspecified atom stereocenters. The average Bonchev–Trinajstić information content (AvgIpc) is 2.43. The van der Waals surface area contributed by atoms with Crippen molar-refractivity contribution in [3.63, 3.8) is 0 Å². The quantitative estimate of drug-likeness (QED) is 0.792. The molecule has 1 aromatic carbocycles. The summed E-state index contributed by atoms with van der Waals surface area (Å²) in [5.74, 6) is 0.0339. The number of carbonyl (C=O) groups excluding carboxylic acids is 1. The second-order valence-corrected chi connectivity index (χ2v) is 4.35. The third kappa shape index (κ3) is 2.47. The normalized spacial score (nSPS) is 15.3. The first kappa shape index (κ1) is 12.5. The molecule has 0 saturated carbocycles. The Bertz CT molecular complexity index is 444. The maximum absolute atomic E-state index is 12.0. The first-order chi connectivity index (χ1) is 8.74. The Labute approximate surface area is 108 Å². The lowest BCUT2D eigenvalue weighted by molar-refractivity contribution is -0.121. The number of amides is 1. The molecule has 0 saturated heterocycles. The number of nitrogens with one attached hydrogen (secondary N) is 2. The van der Waals surface area contributed by atoms with Crippen molar-refractivity contribution >= 4 is 17.3 Å². The minimum Gasteiger partial charge on any atom is -0.382 e. The van der Waals surface area contributed by atoms with Gasteiger partial charge in [0.25, 0.3) is 0 Å². The van der Waals surface area contributed by atoms with Gasteiger partial charge in [0, 0.05) is 19.6 Å². The highest BCUT2D eigenvalue weighted by Crippen LogP contribution is 2.29. The molecule has 4 nitrogen and oxygen atoms in total. The summed E-state index contributed by atoms with van der Waals surface area (Å²) in [6.45, 7) is 7.73. The van der Waals surface area contributed by atoms with E-state index in [0.29, 0.717) is 6.54 Å². The van der Waals surface area contributed by atoms with Crippen LogP contribution < -0.4 is 15.5 Å². The fraction of sp³-hybridized carbons (Fsp3) is 0.357. The van der Waals surface area contributed by atoms with E-state index < -0.39 is 0 Å². The van der Waals surface area contributed by atoms with Gasteiger partial charge in [0.05, 0.1) is 11.4 Å². The van der Waals surface area contributed by atoms with Gasteiger partial charge >= 0.3 is 0 Å². The Balaban J connectivity index is 2.14. The lowest BCUT2D eigenvalue weighted by Gasteiger charge is -2.35. The van der Waals surface area contributed by atoms with Crippen LogP contribution in [0.15, 0.2) is 36.9 Å². The highest BCUT2D eigenvalue weighted by molar-refractivity contribution is 5.87. The van der Waals surface area contributed by atoms with E-state index in [0.717, 1.165) is 24.5 Å². The third-order valence-corrected chi connectivity index (χ3v) is 3.15. The van der Waals surface area contributed by atoms with Gasteiger partial charge in [-0.15, -0.1) is 6.58 Å². The molecule has 1 aliphatic rings. The lowest BCUT2D eigenvalue weighted by Crippen LogP contribution is -2.48. The molecular weight excluding hydrogens is 226 g/mol. The van der Waals surface area contributed by atoms with E-state index in [2.05, 4.69) is 22.1 Å². The van der Waals surface area contributed by atoms with Crippen LogP contribution in [0.25, 0.3) is 0 Å². The van der Waals surface area contributed by atoms with Crippen molar-refractivity contribution < 1.29 is 4.79 Å². The minimum absolute atomic E-state index is 0.0339. The largest absolute Gasteiger partial charge is 0.382 e. The summed E-state index contributed by atoms with van der Waals surface area (Å²) in [5, 5.41) is 6.18. The number of hydrogen-bond acceptors (Lipinski definition) is 3. The maximum atomic E-state index is 12.0. The second kappa shape index (κ2) is 5.58. The van der Waals surface area contributed by atoms with Gasteiger partial charge in [0.15, 0.2) is 0 Å². The zero-order chi connectivity index (χ0) is 13.0. The lowest BCUT2D eigenvalue weighted by atomic mass is 10.1. The molecule has 96 valence electrons. The smallest absolute Gasteiger partial charge is 0.242 e. The number of hydrogen-bond donors (Lipinski definition) is 2. The standard InChI is InChI=1S/C14H19N3O/c1-3-8-16-14(18)11(2)17-10-9-15-12-6-4-5-7-13(12)17/h3-7,11,15H,1,8-10H2,2H3,(H,16,18). The van der Waals surface area contributed by atoms with Crippen molar-refractivity contribution in [1.29, 1.82) is 0 Å². The van der Waals surface area contributed by atoms with Crippen LogP contribution in [-0.2, 0) is 4.79 Å². The fourth-order valence-corrected chi connectivity index (χ4v) is 2.17. The van der Waals surface area contributed by atoms with Crippen molar-refractivity contribution in [2.45, 2.75) is 13.0 Å². The Morgan fingerprint density at radius 2 is 2.39 bits per heavy atom. The zero-order valence-corrected chi connectivity index (χ0v) is 10.6. The zero-order valence-electron chi connectivity index (χ0n) is 10.6. The highest BCUT2D eigenvalue weighted by atomic mass is 16.2. The van der Waals surface area contributed by atoms with E-state index >= 15 is 0 Å². The fourth-order valence-electron chi connectivity index (χ4n) is 2.17. The van der Waals surface area contributed by atoms with E-state index in [4.69, 9.17) is 0 Å². The highest BCUT2D eigenvalue weighted by Gasteiger charge is 2.25. The molecule has 2 rings (SSSR count). The molecule has 0 bridgehead atoms. The summed E-state index contributed by atoms with van der Waals surface area (Å²) in [5.41, 5.74) is 2.18. The summed E-state index contributed by atoms with van der Waals surface area (Å²) < 4.78 is 0. The average molecular weight is 245 g/mol. The SMILES string of the molecule is C=CCNC(=O)C(C)N1CCNc2ccccc21. The molecule has 2 N–H and O–H groups in total. The van der Waals surface area contributed by atoms with Crippen LogP contribution in [0.5, 0.6) is 0 Å². The van der Waals surface area contributed by atoms with Crippen LogP contribution in [0.3, 0.4) is 0 Å².